The average molecular weight is 1670 g/mol. The van der Waals surface area contributed by atoms with E-state index in [9.17, 15) is 19.2 Å². The smallest absolute Gasteiger partial charge is 0.258 e. The highest BCUT2D eigenvalue weighted by molar-refractivity contribution is 5.74. The molecule has 8 aromatic heterocycles. The molecule has 26 heteroatoms. The van der Waals surface area contributed by atoms with Gasteiger partial charge in [0.05, 0.1) is 105 Å². The molecule has 6 aliphatic rings. The lowest BCUT2D eigenvalue weighted by molar-refractivity contribution is -0.0612. The Bertz CT molecular complexity index is 6000. The number of rotatable bonds is 21. The van der Waals surface area contributed by atoms with E-state index in [1.165, 1.54) is 36.0 Å². The van der Waals surface area contributed by atoms with Crippen LogP contribution in [0.5, 0.6) is 46.0 Å². The van der Waals surface area contributed by atoms with Gasteiger partial charge in [-0.25, -0.2) is 19.9 Å². The van der Waals surface area contributed by atoms with Crippen molar-refractivity contribution in [3.8, 4) is 91.0 Å². The first-order chi connectivity index (χ1) is 59.8. The molecule has 1 saturated carbocycles. The van der Waals surface area contributed by atoms with Gasteiger partial charge in [0.25, 0.3) is 22.2 Å². The van der Waals surface area contributed by atoms with Crippen molar-refractivity contribution >= 4 is 45.0 Å². The van der Waals surface area contributed by atoms with Crippen molar-refractivity contribution in [2.24, 2.45) is 0 Å². The lowest BCUT2D eigenvalue weighted by Gasteiger charge is -2.39. The lowest BCUT2D eigenvalue weighted by Crippen LogP contribution is -2.50. The fourth-order valence-corrected chi connectivity index (χ4v) is 16.7. The number of ether oxygens (including phenoxy) is 9. The van der Waals surface area contributed by atoms with Crippen LogP contribution < -0.4 is 70.3 Å². The summed E-state index contributed by atoms with van der Waals surface area (Å²) in [5.74, 6) is 4.98. The van der Waals surface area contributed by atoms with Gasteiger partial charge in [-0.1, -0.05) is 38.5 Å². The largest absolute Gasteiger partial charge is 0.493 e. The fourth-order valence-electron chi connectivity index (χ4n) is 16.7. The van der Waals surface area contributed by atoms with Crippen molar-refractivity contribution in [1.29, 1.82) is 0 Å². The number of benzene rings is 4. The Labute approximate surface area is 715 Å². The van der Waals surface area contributed by atoms with Gasteiger partial charge in [0.2, 0.25) is 0 Å². The molecule has 13 heterocycles. The minimum absolute atomic E-state index is 0.0934. The summed E-state index contributed by atoms with van der Waals surface area (Å²) in [5.41, 5.74) is 15.9. The summed E-state index contributed by atoms with van der Waals surface area (Å²) in [6.07, 6.45) is 23.7. The van der Waals surface area contributed by atoms with Gasteiger partial charge in [-0.3, -0.25) is 51.5 Å². The van der Waals surface area contributed by atoms with Crippen molar-refractivity contribution in [1.82, 2.24) is 57.6 Å². The quantitative estimate of drug-likeness (QED) is 0.0702. The molecular formula is C97H109N13O13. The summed E-state index contributed by atoms with van der Waals surface area (Å²) in [6, 6.07) is 47.2. The van der Waals surface area contributed by atoms with E-state index < -0.39 is 0 Å². The molecule has 0 unspecified atom stereocenters. The second-order valence-electron chi connectivity index (χ2n) is 32.1. The molecule has 2 saturated heterocycles. The van der Waals surface area contributed by atoms with Crippen LogP contribution in [0.2, 0.25) is 0 Å². The molecule has 1 aliphatic carbocycles. The highest BCUT2D eigenvalue weighted by Gasteiger charge is 2.30. The van der Waals surface area contributed by atoms with Crippen LogP contribution in [0.1, 0.15) is 95.8 Å². The van der Waals surface area contributed by atoms with Crippen LogP contribution >= 0.6 is 0 Å². The van der Waals surface area contributed by atoms with E-state index in [1.54, 1.807) is 98.7 Å². The van der Waals surface area contributed by atoms with Gasteiger partial charge in [0.15, 0.2) is 46.0 Å². The second kappa shape index (κ2) is 38.7. The van der Waals surface area contributed by atoms with Gasteiger partial charge in [0.1, 0.15) is 22.6 Å². The Hall–Kier alpha value is -12.5. The molecule has 18 rings (SSSR count). The van der Waals surface area contributed by atoms with Gasteiger partial charge < -0.3 is 52.8 Å². The molecule has 0 atom stereocenters. The number of aromatic nitrogens is 8. The van der Waals surface area contributed by atoms with Crippen LogP contribution in [0.25, 0.3) is 84.3 Å². The van der Waals surface area contributed by atoms with Crippen molar-refractivity contribution in [3.63, 3.8) is 0 Å². The normalized spacial score (nSPS) is 16.1. The number of hydrogen-bond donors (Lipinski definition) is 1. The number of nitrogens with one attached hydrogen (secondary N) is 1. The number of hydrogen-bond acceptors (Lipinski definition) is 22. The van der Waals surface area contributed by atoms with E-state index >= 15 is 0 Å². The first-order valence-electron chi connectivity index (χ1n) is 42.2. The third kappa shape index (κ3) is 19.4. The van der Waals surface area contributed by atoms with E-state index in [1.807, 2.05) is 128 Å². The number of pyridine rings is 4. The van der Waals surface area contributed by atoms with Crippen LogP contribution in [-0.2, 0) is 4.74 Å². The van der Waals surface area contributed by atoms with Gasteiger partial charge in [-0.2, -0.15) is 0 Å². The third-order valence-corrected chi connectivity index (χ3v) is 24.1. The van der Waals surface area contributed by atoms with Crippen molar-refractivity contribution in [2.75, 3.05) is 127 Å². The molecule has 0 radical (unpaired) electrons. The monoisotopic (exact) mass is 1660 g/mol. The molecule has 1 N–H and O–H groups in total. The Balaban J connectivity index is 0.000000127. The summed E-state index contributed by atoms with van der Waals surface area (Å²) >= 11 is 0. The van der Waals surface area contributed by atoms with Crippen LogP contribution in [0.4, 0.5) is 5.69 Å². The predicted octanol–water partition coefficient (Wildman–Crippen LogP) is 14.1. The topological polar surface area (TPSA) is 246 Å². The number of anilines is 1. The van der Waals surface area contributed by atoms with Crippen LogP contribution in [0.3, 0.4) is 0 Å². The Kier molecular flexibility index (Phi) is 26.9. The number of methoxy groups -OCH3 is 8. The Morgan fingerprint density at radius 1 is 0.358 bits per heavy atom. The summed E-state index contributed by atoms with van der Waals surface area (Å²) in [7, 11) is 12.7. The molecule has 3 fully saturated rings. The lowest BCUT2D eigenvalue weighted by atomic mass is 9.89. The molecule has 0 spiro atoms. The fraction of sp³-hybridized carbons (Fsp3) is 0.361. The molecule has 0 amide bonds. The summed E-state index contributed by atoms with van der Waals surface area (Å²) in [4.78, 5) is 80.2. The average Bonchev–Trinajstić information content (AvgIpc) is 0.794. The van der Waals surface area contributed by atoms with E-state index in [0.29, 0.717) is 116 Å². The molecule has 26 nitrogen and oxygen atoms in total. The molecule has 640 valence electrons. The molecular weight excluding hydrogens is 1560 g/mol. The van der Waals surface area contributed by atoms with Crippen LogP contribution in [-0.4, -0.2) is 205 Å². The number of fused-ring (bicyclic) bond motifs is 4. The highest BCUT2D eigenvalue weighted by Crippen LogP contribution is 2.38. The Morgan fingerprint density at radius 2 is 0.691 bits per heavy atom. The zero-order valence-corrected chi connectivity index (χ0v) is 72.2. The maximum Gasteiger partial charge on any atom is 0.258 e. The second-order valence-corrected chi connectivity index (χ2v) is 32.1. The van der Waals surface area contributed by atoms with Crippen molar-refractivity contribution < 1.29 is 42.6 Å². The summed E-state index contributed by atoms with van der Waals surface area (Å²) < 4.78 is 54.5. The van der Waals surface area contributed by atoms with Gasteiger partial charge in [-0.15, -0.1) is 0 Å². The highest BCUT2D eigenvalue weighted by atomic mass is 16.5. The first-order valence-corrected chi connectivity index (χ1v) is 42.2. The SMILES string of the molecule is COc1ccc(-c2cc(=O)n3cc(C4=CCN(C(C)C)CC4)ccc3n2)cc1OC.COc1ccc(-c2cc(=O)n3cc(C4=CCN(C5CCC5)CC4)ccc3n2)cc1OC.COc1ccc(-c2cc(=O)n3cc(C4=CCN(C5COC5)CC4)ccc3n2)cc1OC.COc1ccc(-c2cc(=O)n3cc(N4CCC(NC(C)C)CC4)ccc3n2)cc1OC. The van der Waals surface area contributed by atoms with Crippen molar-refractivity contribution in [3.05, 3.63) is 247 Å². The molecule has 5 aliphatic heterocycles. The maximum absolute atomic E-state index is 12.9. The van der Waals surface area contributed by atoms with E-state index in [4.69, 9.17) is 62.6 Å². The molecule has 4 aromatic carbocycles. The van der Waals surface area contributed by atoms with Crippen LogP contribution in [0, 0.1) is 0 Å². The summed E-state index contributed by atoms with van der Waals surface area (Å²) in [5, 5.41) is 3.62. The molecule has 12 aromatic rings. The Morgan fingerprint density at radius 3 is 0.984 bits per heavy atom. The van der Waals surface area contributed by atoms with Crippen molar-refractivity contribution in [2.45, 2.75) is 109 Å². The molecule has 0 bridgehead atoms. The van der Waals surface area contributed by atoms with Gasteiger partial charge in [0, 0.05) is 148 Å². The first kappa shape index (κ1) is 85.5. The zero-order valence-electron chi connectivity index (χ0n) is 72.2. The maximum atomic E-state index is 12.9. The minimum Gasteiger partial charge on any atom is -0.493 e. The van der Waals surface area contributed by atoms with Gasteiger partial charge >= 0.3 is 0 Å². The van der Waals surface area contributed by atoms with E-state index in [2.05, 4.69) is 89.0 Å². The minimum atomic E-state index is -0.110. The predicted molar refractivity (Wildman–Crippen MR) is 483 cm³/mol. The summed E-state index contributed by atoms with van der Waals surface area (Å²) in [6.45, 7) is 18.4. The van der Waals surface area contributed by atoms with Crippen LogP contribution in [0.15, 0.2) is 208 Å². The molecule has 123 heavy (non-hydrogen) atoms. The third-order valence-electron chi connectivity index (χ3n) is 24.1. The van der Waals surface area contributed by atoms with E-state index in [0.717, 1.165) is 148 Å². The van der Waals surface area contributed by atoms with E-state index in [-0.39, 0.29) is 22.2 Å². The number of piperidine rings is 1. The zero-order chi connectivity index (χ0) is 86.0. The number of nitrogens with zero attached hydrogens (tertiary/aromatic N) is 12. The standard InChI is InChI=1S/C25H27N3O3.C24H30N4O3.C24H25N3O4.C24H27N3O3/c1-30-22-8-6-18(14-23(22)31-2)21-15-25(29)28-16-19(7-9-24(28)26-21)17-10-12-27(13-11-17)20-4-3-5-20;1-16(2)25-18-9-11-27(12-10-18)19-6-8-23-26-20(14-24(29)28(23)15-19)17-5-7-21(30-3)22(13-17)31-4;1-29-21-5-3-17(11-22(21)30-2)20-12-24(28)27-13-18(4-6-23(27)25-20)16-7-9-26(10-8-16)19-14-31-15-19;1-16(2)26-11-9-17(10-12-26)19-6-8-23-25-20(14-24(28)27(23)15-19)18-5-7-21(29-3)22(13-18)30-4/h6-10,14-16,20H,3-5,11-13H2,1-2H3;5-8,13-16,18,25H,9-12H2,1-4H3;3-7,11-13,19H,8-10,14-15H2,1-2H3;5-9,13-16H,10-12H2,1-4H3. The van der Waals surface area contributed by atoms with Gasteiger partial charge in [-0.05, 0) is 214 Å².